The minimum Gasteiger partial charge on any atom is -0.374 e. The first-order valence-corrected chi connectivity index (χ1v) is 7.83. The Balaban J connectivity index is 2.56. The minimum absolute atomic E-state index is 0.418. The fourth-order valence-corrected chi connectivity index (χ4v) is 2.95. The van der Waals surface area contributed by atoms with Crippen molar-refractivity contribution in [1.29, 1.82) is 0 Å². The van der Waals surface area contributed by atoms with Gasteiger partial charge in [0.05, 0.1) is 12.2 Å². The average Bonchev–Trinajstić information content (AvgIpc) is 2.38. The molecule has 1 aliphatic rings. The van der Waals surface area contributed by atoms with E-state index in [-0.39, 0.29) is 0 Å². The first-order chi connectivity index (χ1) is 8.51. The lowest BCUT2D eigenvalue weighted by atomic mass is 9.75. The number of rotatable bonds is 5. The van der Waals surface area contributed by atoms with Crippen LogP contribution in [-0.4, -0.2) is 12.2 Å². The van der Waals surface area contributed by atoms with Crippen molar-refractivity contribution in [1.82, 2.24) is 0 Å². The highest BCUT2D eigenvalue weighted by molar-refractivity contribution is 4.93. The second-order valence-corrected chi connectivity index (χ2v) is 6.25. The summed E-state index contributed by atoms with van der Waals surface area (Å²) >= 11 is 0. The molecule has 18 heavy (non-hydrogen) atoms. The van der Waals surface area contributed by atoms with Gasteiger partial charge in [-0.2, -0.15) is 0 Å². The van der Waals surface area contributed by atoms with Crippen LogP contribution in [-0.2, 0) is 4.74 Å². The molecular weight excluding hydrogens is 220 g/mol. The van der Waals surface area contributed by atoms with Crippen molar-refractivity contribution in [2.75, 3.05) is 0 Å². The Hall–Kier alpha value is -0.300. The summed E-state index contributed by atoms with van der Waals surface area (Å²) in [6, 6.07) is 0. The lowest BCUT2D eigenvalue weighted by Gasteiger charge is -2.43. The molecule has 1 fully saturated rings. The molecule has 1 heteroatoms. The van der Waals surface area contributed by atoms with Crippen molar-refractivity contribution in [3.05, 3.63) is 12.2 Å². The second-order valence-electron chi connectivity index (χ2n) is 6.25. The van der Waals surface area contributed by atoms with Gasteiger partial charge in [-0.15, -0.1) is 0 Å². The molecule has 0 N–H and O–H groups in total. The molecule has 0 saturated carbocycles. The van der Waals surface area contributed by atoms with Gasteiger partial charge in [-0.05, 0) is 36.5 Å². The molecular formula is C17H32O. The third-order valence-electron chi connectivity index (χ3n) is 5.06. The molecule has 0 spiro atoms. The molecule has 0 aromatic carbocycles. The van der Waals surface area contributed by atoms with Crippen LogP contribution in [0.2, 0.25) is 0 Å². The molecule has 1 aliphatic heterocycles. The minimum atomic E-state index is 0.418. The van der Waals surface area contributed by atoms with E-state index in [1.54, 1.807) is 0 Å². The van der Waals surface area contributed by atoms with Gasteiger partial charge in [-0.3, -0.25) is 0 Å². The van der Waals surface area contributed by atoms with Crippen LogP contribution < -0.4 is 0 Å². The highest BCUT2D eigenvalue weighted by Crippen LogP contribution is 2.37. The van der Waals surface area contributed by atoms with Gasteiger partial charge in [0.1, 0.15) is 0 Å². The number of ether oxygens (including phenoxy) is 1. The maximum Gasteiger partial charge on any atom is 0.0641 e. The molecule has 1 heterocycles. The summed E-state index contributed by atoms with van der Waals surface area (Å²) in [5.74, 6) is 2.83. The highest BCUT2D eigenvalue weighted by Gasteiger charge is 2.37. The van der Waals surface area contributed by atoms with Crippen molar-refractivity contribution >= 4 is 0 Å². The standard InChI is InChI=1S/C17H32O/c1-7-12(3)10-9-11-17-15(6)13(4)14(5)16(8-2)18-17/h9-10,12-17H,7-8,11H2,1-6H3/b10-9+/t12?,13?,14-,15?,16?,17+/m1/s1. The highest BCUT2D eigenvalue weighted by atomic mass is 16.5. The van der Waals surface area contributed by atoms with Crippen LogP contribution in [0.1, 0.15) is 60.8 Å². The van der Waals surface area contributed by atoms with E-state index in [0.29, 0.717) is 30.0 Å². The summed E-state index contributed by atoms with van der Waals surface area (Å²) in [5, 5.41) is 0. The number of hydrogen-bond acceptors (Lipinski definition) is 1. The average molecular weight is 252 g/mol. The Morgan fingerprint density at radius 2 is 1.61 bits per heavy atom. The predicted molar refractivity (Wildman–Crippen MR) is 79.7 cm³/mol. The molecule has 1 saturated heterocycles. The van der Waals surface area contributed by atoms with Gasteiger partial charge in [0.2, 0.25) is 0 Å². The van der Waals surface area contributed by atoms with Gasteiger partial charge >= 0.3 is 0 Å². The van der Waals surface area contributed by atoms with Crippen molar-refractivity contribution in [3.63, 3.8) is 0 Å². The number of hydrogen-bond donors (Lipinski definition) is 0. The summed E-state index contributed by atoms with van der Waals surface area (Å²) in [7, 11) is 0. The Labute approximate surface area is 114 Å². The van der Waals surface area contributed by atoms with Gasteiger partial charge in [0, 0.05) is 0 Å². The monoisotopic (exact) mass is 252 g/mol. The van der Waals surface area contributed by atoms with Crippen molar-refractivity contribution in [2.45, 2.75) is 73.0 Å². The first-order valence-electron chi connectivity index (χ1n) is 7.83. The van der Waals surface area contributed by atoms with Crippen LogP contribution >= 0.6 is 0 Å². The third-order valence-corrected chi connectivity index (χ3v) is 5.06. The predicted octanol–water partition coefficient (Wildman–Crippen LogP) is 5.06. The van der Waals surface area contributed by atoms with Crippen molar-refractivity contribution in [2.24, 2.45) is 23.7 Å². The van der Waals surface area contributed by atoms with Gasteiger partial charge in [-0.25, -0.2) is 0 Å². The zero-order valence-corrected chi connectivity index (χ0v) is 13.1. The van der Waals surface area contributed by atoms with E-state index in [0.717, 1.165) is 18.8 Å². The van der Waals surface area contributed by atoms with Gasteiger partial charge in [0.15, 0.2) is 0 Å². The molecule has 0 aliphatic carbocycles. The number of allylic oxidation sites excluding steroid dienone is 1. The smallest absolute Gasteiger partial charge is 0.0641 e. The van der Waals surface area contributed by atoms with E-state index in [9.17, 15) is 0 Å². The maximum absolute atomic E-state index is 6.29. The van der Waals surface area contributed by atoms with Crippen LogP contribution in [0.4, 0.5) is 0 Å². The molecule has 0 aromatic rings. The van der Waals surface area contributed by atoms with Crippen LogP contribution in [0.3, 0.4) is 0 Å². The zero-order valence-electron chi connectivity index (χ0n) is 13.1. The molecule has 106 valence electrons. The summed E-state index contributed by atoms with van der Waals surface area (Å²) in [4.78, 5) is 0. The van der Waals surface area contributed by atoms with Gasteiger partial charge < -0.3 is 4.74 Å². The first kappa shape index (κ1) is 15.8. The largest absolute Gasteiger partial charge is 0.374 e. The van der Waals surface area contributed by atoms with E-state index in [4.69, 9.17) is 4.74 Å². The molecule has 0 radical (unpaired) electrons. The SMILES string of the molecule is CCC(C)/C=C/C[C@@H]1OC(CC)[C@H](C)C(C)C1C. The van der Waals surface area contributed by atoms with E-state index < -0.39 is 0 Å². The zero-order chi connectivity index (χ0) is 13.7. The molecule has 1 rings (SSSR count). The summed E-state index contributed by atoms with van der Waals surface area (Å²) < 4.78 is 6.29. The molecule has 4 unspecified atom stereocenters. The lowest BCUT2D eigenvalue weighted by molar-refractivity contribution is -0.131. The Bertz CT molecular complexity index is 256. The third kappa shape index (κ3) is 3.85. The van der Waals surface area contributed by atoms with Crippen molar-refractivity contribution < 1.29 is 4.74 Å². The van der Waals surface area contributed by atoms with Gasteiger partial charge in [0.25, 0.3) is 0 Å². The fourth-order valence-electron chi connectivity index (χ4n) is 2.95. The maximum atomic E-state index is 6.29. The normalized spacial score (nSPS) is 39.1. The van der Waals surface area contributed by atoms with E-state index >= 15 is 0 Å². The molecule has 0 amide bonds. The molecule has 0 bridgehead atoms. The second kappa shape index (κ2) is 7.33. The van der Waals surface area contributed by atoms with E-state index in [2.05, 4.69) is 53.7 Å². The Morgan fingerprint density at radius 1 is 1.00 bits per heavy atom. The summed E-state index contributed by atoms with van der Waals surface area (Å²) in [6.45, 7) is 13.9. The van der Waals surface area contributed by atoms with E-state index in [1.165, 1.54) is 6.42 Å². The fraction of sp³-hybridized carbons (Fsp3) is 0.882. The summed E-state index contributed by atoms with van der Waals surface area (Å²) in [5.41, 5.74) is 0. The topological polar surface area (TPSA) is 9.23 Å². The summed E-state index contributed by atoms with van der Waals surface area (Å²) in [6.07, 6.45) is 9.01. The lowest BCUT2D eigenvalue weighted by Crippen LogP contribution is -2.44. The van der Waals surface area contributed by atoms with Crippen LogP contribution in [0.5, 0.6) is 0 Å². The van der Waals surface area contributed by atoms with Crippen LogP contribution in [0.15, 0.2) is 12.2 Å². The van der Waals surface area contributed by atoms with Gasteiger partial charge in [-0.1, -0.05) is 60.1 Å². The molecule has 6 atom stereocenters. The Morgan fingerprint density at radius 3 is 2.17 bits per heavy atom. The Kier molecular flexibility index (Phi) is 6.42. The van der Waals surface area contributed by atoms with Crippen LogP contribution in [0, 0.1) is 23.7 Å². The van der Waals surface area contributed by atoms with E-state index in [1.807, 2.05) is 0 Å². The molecule has 0 aromatic heterocycles. The van der Waals surface area contributed by atoms with Crippen LogP contribution in [0.25, 0.3) is 0 Å². The van der Waals surface area contributed by atoms with Crippen molar-refractivity contribution in [3.8, 4) is 0 Å². The molecule has 1 nitrogen and oxygen atoms in total. The quantitative estimate of drug-likeness (QED) is 0.621.